The number of nitrogens with zero attached hydrogens (tertiary/aromatic N) is 1. The Bertz CT molecular complexity index is 369. The van der Waals surface area contributed by atoms with Crippen LogP contribution in [0.1, 0.15) is 16.8 Å². The number of quaternary nitrogens is 1. The van der Waals surface area contributed by atoms with Crippen molar-refractivity contribution in [1.29, 1.82) is 0 Å². The highest BCUT2D eigenvalue weighted by Gasteiger charge is 2.25. The van der Waals surface area contributed by atoms with Crippen LogP contribution in [0.15, 0.2) is 30.3 Å². The Labute approximate surface area is 103 Å². The van der Waals surface area contributed by atoms with E-state index < -0.39 is 0 Å². The van der Waals surface area contributed by atoms with Crippen LogP contribution in [0.5, 0.6) is 0 Å². The van der Waals surface area contributed by atoms with Gasteiger partial charge in [0.2, 0.25) is 0 Å². The molecule has 3 heteroatoms. The summed E-state index contributed by atoms with van der Waals surface area (Å²) in [5, 5.41) is 0. The molecule has 2 rings (SSSR count). The SMILES string of the molecule is C[N+]1(CCC(=O)c2ccccc2)CCOCC1. The zero-order valence-electron chi connectivity index (χ0n) is 10.4. The molecule has 0 spiro atoms. The smallest absolute Gasteiger partial charge is 0.168 e. The molecule has 0 bridgehead atoms. The number of ketones is 1. The highest BCUT2D eigenvalue weighted by atomic mass is 16.5. The fourth-order valence-corrected chi connectivity index (χ4v) is 2.15. The monoisotopic (exact) mass is 234 g/mol. The van der Waals surface area contributed by atoms with E-state index >= 15 is 0 Å². The number of benzene rings is 1. The minimum Gasteiger partial charge on any atom is -0.370 e. The summed E-state index contributed by atoms with van der Waals surface area (Å²) in [4.78, 5) is 12.0. The third-order valence-electron chi connectivity index (χ3n) is 3.53. The molecule has 0 saturated carbocycles. The lowest BCUT2D eigenvalue weighted by molar-refractivity contribution is -0.916. The van der Waals surface area contributed by atoms with Crippen molar-refractivity contribution < 1.29 is 14.0 Å². The van der Waals surface area contributed by atoms with E-state index in [1.165, 1.54) is 0 Å². The van der Waals surface area contributed by atoms with Gasteiger partial charge in [-0.3, -0.25) is 4.79 Å². The van der Waals surface area contributed by atoms with Gasteiger partial charge in [0.25, 0.3) is 0 Å². The summed E-state index contributed by atoms with van der Waals surface area (Å²) in [6.07, 6.45) is 0.626. The maximum Gasteiger partial charge on any atom is 0.168 e. The van der Waals surface area contributed by atoms with E-state index in [0.29, 0.717) is 6.42 Å². The molecule has 0 unspecified atom stereocenters. The van der Waals surface area contributed by atoms with Gasteiger partial charge in [-0.25, -0.2) is 0 Å². The number of Topliss-reactive ketones (excluding diaryl/α,β-unsaturated/α-hetero) is 1. The predicted octanol–water partition coefficient (Wildman–Crippen LogP) is 1.74. The quantitative estimate of drug-likeness (QED) is 0.586. The average molecular weight is 234 g/mol. The first-order valence-electron chi connectivity index (χ1n) is 6.19. The van der Waals surface area contributed by atoms with Crippen LogP contribution in [-0.4, -0.2) is 50.2 Å². The second-order valence-corrected chi connectivity index (χ2v) is 4.94. The van der Waals surface area contributed by atoms with Gasteiger partial charge in [-0.15, -0.1) is 0 Å². The Kier molecular flexibility index (Phi) is 3.92. The zero-order chi connectivity index (χ0) is 12.1. The van der Waals surface area contributed by atoms with E-state index in [4.69, 9.17) is 4.74 Å². The van der Waals surface area contributed by atoms with Crippen LogP contribution >= 0.6 is 0 Å². The summed E-state index contributed by atoms with van der Waals surface area (Å²) < 4.78 is 6.31. The molecule has 0 atom stereocenters. The van der Waals surface area contributed by atoms with Crippen LogP contribution in [0.2, 0.25) is 0 Å². The van der Waals surface area contributed by atoms with Gasteiger partial charge in [-0.1, -0.05) is 30.3 Å². The lowest BCUT2D eigenvalue weighted by atomic mass is 10.1. The molecule has 0 aromatic heterocycles. The molecule has 1 saturated heterocycles. The van der Waals surface area contributed by atoms with E-state index in [-0.39, 0.29) is 5.78 Å². The lowest BCUT2D eigenvalue weighted by Crippen LogP contribution is -2.52. The van der Waals surface area contributed by atoms with Gasteiger partial charge in [-0.05, 0) is 0 Å². The average Bonchev–Trinajstić information content (AvgIpc) is 2.38. The summed E-state index contributed by atoms with van der Waals surface area (Å²) >= 11 is 0. The first kappa shape index (κ1) is 12.3. The van der Waals surface area contributed by atoms with Crippen LogP contribution in [-0.2, 0) is 4.74 Å². The zero-order valence-corrected chi connectivity index (χ0v) is 10.4. The van der Waals surface area contributed by atoms with Gasteiger partial charge in [-0.2, -0.15) is 0 Å². The highest BCUT2D eigenvalue weighted by Crippen LogP contribution is 2.11. The van der Waals surface area contributed by atoms with Crippen LogP contribution < -0.4 is 0 Å². The van der Waals surface area contributed by atoms with Crippen LogP contribution in [0.4, 0.5) is 0 Å². The molecule has 1 aromatic carbocycles. The van der Waals surface area contributed by atoms with Gasteiger partial charge in [0, 0.05) is 5.56 Å². The first-order chi connectivity index (χ1) is 8.20. The van der Waals surface area contributed by atoms with Crippen molar-refractivity contribution in [2.75, 3.05) is 39.9 Å². The third kappa shape index (κ3) is 3.38. The molecule has 1 heterocycles. The number of carbonyl (C=O) groups is 1. The summed E-state index contributed by atoms with van der Waals surface area (Å²) in [6.45, 7) is 4.58. The molecule has 1 aliphatic rings. The molecule has 1 aliphatic heterocycles. The number of likely N-dealkylation sites (N-methyl/N-ethyl adjacent to an activating group) is 1. The Morgan fingerprint density at radius 3 is 2.53 bits per heavy atom. The Morgan fingerprint density at radius 2 is 1.88 bits per heavy atom. The molecule has 0 radical (unpaired) electrons. The minimum absolute atomic E-state index is 0.247. The molecule has 0 aliphatic carbocycles. The van der Waals surface area contributed by atoms with E-state index in [1.807, 2.05) is 30.3 Å². The van der Waals surface area contributed by atoms with Crippen molar-refractivity contribution in [3.63, 3.8) is 0 Å². The molecule has 17 heavy (non-hydrogen) atoms. The molecular formula is C14H20NO2+. The summed E-state index contributed by atoms with van der Waals surface area (Å²) in [5.41, 5.74) is 0.826. The predicted molar refractivity (Wildman–Crippen MR) is 67.0 cm³/mol. The Hall–Kier alpha value is -1.19. The van der Waals surface area contributed by atoms with Gasteiger partial charge in [0.15, 0.2) is 5.78 Å². The van der Waals surface area contributed by atoms with E-state index in [2.05, 4.69) is 7.05 Å². The molecular weight excluding hydrogens is 214 g/mol. The molecule has 92 valence electrons. The summed E-state index contributed by atoms with van der Waals surface area (Å²) in [7, 11) is 2.21. The third-order valence-corrected chi connectivity index (χ3v) is 3.53. The maximum absolute atomic E-state index is 12.0. The van der Waals surface area contributed by atoms with Crippen molar-refractivity contribution in [3.05, 3.63) is 35.9 Å². The van der Waals surface area contributed by atoms with Gasteiger partial charge >= 0.3 is 0 Å². The van der Waals surface area contributed by atoms with E-state index in [9.17, 15) is 4.79 Å². The maximum atomic E-state index is 12.0. The molecule has 1 fully saturated rings. The number of morpholine rings is 1. The second kappa shape index (κ2) is 5.43. The standard InChI is InChI=1S/C14H20NO2/c1-15(9-11-17-12-10-15)8-7-14(16)13-5-3-2-4-6-13/h2-6H,7-12H2,1H3/q+1. The number of ether oxygens (including phenoxy) is 1. The first-order valence-corrected chi connectivity index (χ1v) is 6.19. The normalized spacial score (nSPS) is 18.9. The van der Waals surface area contributed by atoms with E-state index in [1.54, 1.807) is 0 Å². The van der Waals surface area contributed by atoms with Gasteiger partial charge < -0.3 is 9.22 Å². The number of carbonyl (C=O) groups excluding carboxylic acids is 1. The van der Waals surface area contributed by atoms with Crippen LogP contribution in [0.3, 0.4) is 0 Å². The fourth-order valence-electron chi connectivity index (χ4n) is 2.15. The van der Waals surface area contributed by atoms with Crippen molar-refractivity contribution >= 4 is 5.78 Å². The highest BCUT2D eigenvalue weighted by molar-refractivity contribution is 5.96. The van der Waals surface area contributed by atoms with Crippen LogP contribution in [0, 0.1) is 0 Å². The number of rotatable bonds is 4. The Balaban J connectivity index is 1.87. The fraction of sp³-hybridized carbons (Fsp3) is 0.500. The minimum atomic E-state index is 0.247. The molecule has 0 N–H and O–H groups in total. The topological polar surface area (TPSA) is 26.3 Å². The van der Waals surface area contributed by atoms with Crippen molar-refractivity contribution in [2.45, 2.75) is 6.42 Å². The molecule has 3 nitrogen and oxygen atoms in total. The molecule has 1 aromatic rings. The number of hydrogen-bond donors (Lipinski definition) is 0. The van der Waals surface area contributed by atoms with Crippen molar-refractivity contribution in [1.82, 2.24) is 0 Å². The van der Waals surface area contributed by atoms with Gasteiger partial charge in [0.05, 0.1) is 33.2 Å². The second-order valence-electron chi connectivity index (χ2n) is 4.94. The molecule has 0 amide bonds. The summed E-state index contributed by atoms with van der Waals surface area (Å²) in [5.74, 6) is 0.247. The van der Waals surface area contributed by atoms with Crippen molar-refractivity contribution in [3.8, 4) is 0 Å². The lowest BCUT2D eigenvalue weighted by Gasteiger charge is -2.37. The number of hydrogen-bond acceptors (Lipinski definition) is 2. The van der Waals surface area contributed by atoms with E-state index in [0.717, 1.165) is 42.9 Å². The van der Waals surface area contributed by atoms with Gasteiger partial charge in [0.1, 0.15) is 13.1 Å². The largest absolute Gasteiger partial charge is 0.370 e. The van der Waals surface area contributed by atoms with Crippen LogP contribution in [0.25, 0.3) is 0 Å². The van der Waals surface area contributed by atoms with Crippen molar-refractivity contribution in [2.24, 2.45) is 0 Å². The Morgan fingerprint density at radius 1 is 1.24 bits per heavy atom. The summed E-state index contributed by atoms with van der Waals surface area (Å²) in [6, 6.07) is 9.55.